The Morgan fingerprint density at radius 3 is 2.43 bits per heavy atom. The van der Waals surface area contributed by atoms with Crippen LogP contribution in [0.1, 0.15) is 61.1 Å². The van der Waals surface area contributed by atoms with E-state index in [4.69, 9.17) is 12.2 Å². The third-order valence-corrected chi connectivity index (χ3v) is 6.41. The van der Waals surface area contributed by atoms with Gasteiger partial charge in [0.1, 0.15) is 0 Å². The highest BCUT2D eigenvalue weighted by Gasteiger charge is 2.42. The van der Waals surface area contributed by atoms with Crippen LogP contribution in [-0.2, 0) is 6.42 Å². The van der Waals surface area contributed by atoms with Crippen molar-refractivity contribution in [1.82, 2.24) is 19.8 Å². The summed E-state index contributed by atoms with van der Waals surface area (Å²) < 4.78 is 2.35. The molecular weight excluding hydrogens is 388 g/mol. The second kappa shape index (κ2) is 8.23. The maximum atomic E-state index is 5.76. The van der Waals surface area contributed by atoms with E-state index in [1.807, 2.05) is 18.3 Å². The normalized spacial score (nSPS) is 18.9. The van der Waals surface area contributed by atoms with E-state index in [0.717, 1.165) is 17.2 Å². The van der Waals surface area contributed by atoms with Crippen molar-refractivity contribution < 1.29 is 0 Å². The van der Waals surface area contributed by atoms with Gasteiger partial charge in [0.15, 0.2) is 5.11 Å². The molecule has 156 valence electrons. The Kier molecular flexibility index (Phi) is 5.65. The minimum atomic E-state index is 0.0255. The second-order valence-electron chi connectivity index (χ2n) is 8.31. The van der Waals surface area contributed by atoms with E-state index in [-0.39, 0.29) is 18.1 Å². The van der Waals surface area contributed by atoms with Crippen LogP contribution in [0.3, 0.4) is 0 Å². The molecule has 4 rings (SSSR count). The third kappa shape index (κ3) is 3.52. The van der Waals surface area contributed by atoms with Crippen molar-refractivity contribution in [2.75, 3.05) is 0 Å². The fourth-order valence-electron chi connectivity index (χ4n) is 4.62. The predicted octanol–water partition coefficient (Wildman–Crippen LogP) is 5.43. The molecule has 0 spiro atoms. The monoisotopic (exact) mass is 418 g/mol. The van der Waals surface area contributed by atoms with Crippen molar-refractivity contribution in [3.05, 3.63) is 82.9 Å². The molecule has 1 aliphatic rings. The fraction of sp³-hybridized carbons (Fsp3) is 0.360. The first-order valence-electron chi connectivity index (χ1n) is 10.7. The number of pyridine rings is 1. The average Bonchev–Trinajstić information content (AvgIpc) is 3.24. The number of hydrogen-bond acceptors (Lipinski definition) is 2. The van der Waals surface area contributed by atoms with Crippen LogP contribution in [0.2, 0.25) is 0 Å². The summed E-state index contributed by atoms with van der Waals surface area (Å²) in [4.78, 5) is 6.97. The quantitative estimate of drug-likeness (QED) is 0.560. The predicted molar refractivity (Wildman–Crippen MR) is 127 cm³/mol. The van der Waals surface area contributed by atoms with Crippen molar-refractivity contribution >= 4 is 17.3 Å². The lowest BCUT2D eigenvalue weighted by molar-refractivity contribution is 0.269. The van der Waals surface area contributed by atoms with Gasteiger partial charge < -0.3 is 14.8 Å². The highest BCUT2D eigenvalue weighted by molar-refractivity contribution is 7.80. The highest BCUT2D eigenvalue weighted by atomic mass is 32.1. The lowest BCUT2D eigenvalue weighted by atomic mass is 9.96. The molecule has 0 unspecified atom stereocenters. The second-order valence-corrected chi connectivity index (χ2v) is 8.70. The van der Waals surface area contributed by atoms with Gasteiger partial charge in [-0.15, -0.1) is 0 Å². The van der Waals surface area contributed by atoms with E-state index < -0.39 is 0 Å². The van der Waals surface area contributed by atoms with Gasteiger partial charge >= 0.3 is 0 Å². The zero-order valence-corrected chi connectivity index (χ0v) is 19.2. The van der Waals surface area contributed by atoms with Gasteiger partial charge in [0.05, 0.1) is 17.8 Å². The van der Waals surface area contributed by atoms with Crippen molar-refractivity contribution in [2.24, 2.45) is 0 Å². The molecule has 2 aromatic heterocycles. The first kappa shape index (κ1) is 20.6. The Balaban J connectivity index is 1.82. The van der Waals surface area contributed by atoms with Gasteiger partial charge in [-0.3, -0.25) is 4.98 Å². The van der Waals surface area contributed by atoms with Gasteiger partial charge in [-0.25, -0.2) is 0 Å². The van der Waals surface area contributed by atoms with Gasteiger partial charge in [0.25, 0.3) is 0 Å². The number of rotatable bonds is 5. The highest BCUT2D eigenvalue weighted by Crippen LogP contribution is 2.42. The molecule has 30 heavy (non-hydrogen) atoms. The van der Waals surface area contributed by atoms with E-state index in [2.05, 4.69) is 90.8 Å². The number of nitrogens with zero attached hydrogens (tertiary/aromatic N) is 3. The molecule has 0 aliphatic carbocycles. The van der Waals surface area contributed by atoms with Gasteiger partial charge in [-0.05, 0) is 87.8 Å². The minimum Gasteiger partial charge on any atom is -0.352 e. The molecule has 1 aliphatic heterocycles. The Morgan fingerprint density at radius 1 is 1.10 bits per heavy atom. The number of aryl methyl sites for hydroxylation is 2. The molecule has 2 atom stereocenters. The third-order valence-electron chi connectivity index (χ3n) is 6.08. The van der Waals surface area contributed by atoms with E-state index in [0.29, 0.717) is 0 Å². The first-order valence-corrected chi connectivity index (χ1v) is 11.1. The number of hydrogen-bond donors (Lipinski definition) is 1. The molecule has 1 saturated heterocycles. The van der Waals surface area contributed by atoms with Crippen molar-refractivity contribution in [3.63, 3.8) is 0 Å². The van der Waals surface area contributed by atoms with Crippen molar-refractivity contribution in [2.45, 2.75) is 59.2 Å². The van der Waals surface area contributed by atoms with E-state index in [9.17, 15) is 0 Å². The molecule has 1 fully saturated rings. The van der Waals surface area contributed by atoms with Gasteiger partial charge in [0.2, 0.25) is 0 Å². The smallest absolute Gasteiger partial charge is 0.170 e. The summed E-state index contributed by atoms with van der Waals surface area (Å²) in [6.07, 6.45) is 2.91. The number of nitrogens with one attached hydrogen (secondary N) is 1. The summed E-state index contributed by atoms with van der Waals surface area (Å²) in [6.45, 7) is 11.0. The lowest BCUT2D eigenvalue weighted by Gasteiger charge is -2.31. The molecule has 0 amide bonds. The van der Waals surface area contributed by atoms with Crippen LogP contribution in [0.25, 0.3) is 5.69 Å². The number of aromatic nitrogens is 2. The first-order chi connectivity index (χ1) is 14.4. The van der Waals surface area contributed by atoms with Gasteiger partial charge in [-0.1, -0.05) is 25.1 Å². The van der Waals surface area contributed by atoms with Crippen molar-refractivity contribution in [1.29, 1.82) is 0 Å². The summed E-state index contributed by atoms with van der Waals surface area (Å²) in [6, 6.07) is 17.7. The SMILES string of the molecule is CCc1ccc(-n2c(C)cc([C@@H]3[C@H](c4ccccn4)NC(=S)N3C(C)C)c2C)cc1. The molecule has 4 nitrogen and oxygen atoms in total. The molecule has 0 bridgehead atoms. The molecular formula is C25H30N4S. The molecule has 0 saturated carbocycles. The van der Waals surface area contributed by atoms with Crippen LogP contribution in [0.15, 0.2) is 54.7 Å². The Morgan fingerprint density at radius 2 is 1.83 bits per heavy atom. The molecule has 0 radical (unpaired) electrons. The van der Waals surface area contributed by atoms with Crippen molar-refractivity contribution in [3.8, 4) is 5.69 Å². The van der Waals surface area contributed by atoms with Gasteiger partial charge in [-0.2, -0.15) is 0 Å². The largest absolute Gasteiger partial charge is 0.352 e. The summed E-state index contributed by atoms with van der Waals surface area (Å²) in [7, 11) is 0. The summed E-state index contributed by atoms with van der Waals surface area (Å²) in [5, 5.41) is 4.34. The van der Waals surface area contributed by atoms with Crippen LogP contribution < -0.4 is 5.32 Å². The molecule has 3 heterocycles. The maximum Gasteiger partial charge on any atom is 0.170 e. The standard InChI is InChI=1S/C25H30N4S/c1-6-19-10-12-20(13-11-19)29-17(4)15-21(18(29)5)24-23(22-9-7-8-14-26-22)27-25(30)28(24)16(2)3/h7-16,23-24H,6H2,1-5H3,(H,27,30)/t23-,24+/m0/s1. The summed E-state index contributed by atoms with van der Waals surface area (Å²) >= 11 is 5.76. The Hall–Kier alpha value is -2.66. The average molecular weight is 419 g/mol. The van der Waals surface area contributed by atoms with E-state index in [1.165, 1.54) is 28.2 Å². The lowest BCUT2D eigenvalue weighted by Crippen LogP contribution is -2.35. The minimum absolute atomic E-state index is 0.0255. The van der Waals surface area contributed by atoms with Gasteiger partial charge in [0, 0.05) is 29.3 Å². The summed E-state index contributed by atoms with van der Waals surface area (Å²) in [5.74, 6) is 0. The molecule has 5 heteroatoms. The summed E-state index contributed by atoms with van der Waals surface area (Å²) in [5.41, 5.74) is 7.35. The van der Waals surface area contributed by atoms with Crippen LogP contribution in [0.4, 0.5) is 0 Å². The molecule has 3 aromatic rings. The van der Waals surface area contributed by atoms with Crippen LogP contribution in [0, 0.1) is 13.8 Å². The fourth-order valence-corrected chi connectivity index (χ4v) is 5.07. The Bertz CT molecular complexity index is 1040. The van der Waals surface area contributed by atoms with Crippen LogP contribution in [-0.4, -0.2) is 25.6 Å². The van der Waals surface area contributed by atoms with E-state index >= 15 is 0 Å². The zero-order chi connectivity index (χ0) is 21.4. The van der Waals surface area contributed by atoms with E-state index in [1.54, 1.807) is 0 Å². The van der Waals surface area contributed by atoms with Crippen LogP contribution >= 0.6 is 12.2 Å². The topological polar surface area (TPSA) is 33.1 Å². The molecule has 1 N–H and O–H groups in total. The zero-order valence-electron chi connectivity index (χ0n) is 18.4. The van der Waals surface area contributed by atoms with Crippen LogP contribution in [0.5, 0.6) is 0 Å². The molecule has 1 aromatic carbocycles. The number of benzene rings is 1. The number of thiocarbonyl (C=S) groups is 1. The maximum absolute atomic E-state index is 5.76. The Labute approximate surface area is 184 Å².